The molecule has 1 aliphatic heterocycles. The molecule has 3 heterocycles. The van der Waals surface area contributed by atoms with Gasteiger partial charge in [0.05, 0.1) is 45.2 Å². The van der Waals surface area contributed by atoms with E-state index in [1.54, 1.807) is 13.0 Å². The van der Waals surface area contributed by atoms with E-state index in [0.717, 1.165) is 24.8 Å². The molecule has 1 saturated carbocycles. The molecule has 2 radical (unpaired) electrons. The largest absolute Gasteiger partial charge is 0.378 e. The monoisotopic (exact) mass is 578 g/mol. The topological polar surface area (TPSA) is 101 Å². The Kier molecular flexibility index (Phi) is 7.39. The fourth-order valence-corrected chi connectivity index (χ4v) is 5.61. The Morgan fingerprint density at radius 3 is 2.71 bits per heavy atom. The van der Waals surface area contributed by atoms with Gasteiger partial charge in [-0.05, 0) is 55.5 Å². The molecule has 0 spiro atoms. The van der Waals surface area contributed by atoms with Gasteiger partial charge in [0.15, 0.2) is 0 Å². The summed E-state index contributed by atoms with van der Waals surface area (Å²) < 4.78 is 14.5. The van der Waals surface area contributed by atoms with Crippen LogP contribution in [0.3, 0.4) is 0 Å². The minimum absolute atomic E-state index is 0.0544. The van der Waals surface area contributed by atoms with Gasteiger partial charge in [-0.25, -0.2) is 4.39 Å². The molecule has 4 aromatic rings. The normalized spacial score (nSPS) is 16.7. The highest BCUT2D eigenvalue weighted by Crippen LogP contribution is 2.39. The third-order valence-electron chi connectivity index (χ3n) is 7.75. The number of nitrogens with zero attached hydrogens (tertiary/aromatic N) is 4. The minimum Gasteiger partial charge on any atom is -0.378 e. The number of benzene rings is 2. The second kappa shape index (κ2) is 11.2. The zero-order valence-electron chi connectivity index (χ0n) is 23.2. The van der Waals surface area contributed by atoms with Crippen LogP contribution >= 0.6 is 11.6 Å². The molecule has 2 aromatic carbocycles. The van der Waals surface area contributed by atoms with Crippen LogP contribution in [0, 0.1) is 24.1 Å². The average Bonchev–Trinajstić information content (AvgIpc) is 3.72. The number of pyridine rings is 2. The van der Waals surface area contributed by atoms with E-state index in [0.29, 0.717) is 55.9 Å². The van der Waals surface area contributed by atoms with Gasteiger partial charge in [-0.3, -0.25) is 15.0 Å². The van der Waals surface area contributed by atoms with Gasteiger partial charge in [-0.2, -0.15) is 5.26 Å². The highest BCUT2D eigenvalue weighted by molar-refractivity contribution is 6.36. The smallest absolute Gasteiger partial charge is 0.141 e. The summed E-state index contributed by atoms with van der Waals surface area (Å²) in [5.74, 6) is -0.504. The van der Waals surface area contributed by atoms with E-state index in [1.807, 2.05) is 35.5 Å². The Morgan fingerprint density at radius 1 is 1.21 bits per heavy atom. The lowest BCUT2D eigenvalue weighted by molar-refractivity contribution is 0.260. The van der Waals surface area contributed by atoms with Crippen LogP contribution in [0.25, 0.3) is 10.9 Å². The molecular formula is C31H29BClFN8. The maximum atomic E-state index is 14.5. The second-order valence-corrected chi connectivity index (χ2v) is 11.1. The van der Waals surface area contributed by atoms with Crippen molar-refractivity contribution in [2.24, 2.45) is 0 Å². The van der Waals surface area contributed by atoms with Gasteiger partial charge in [-0.15, -0.1) is 5.53 Å². The molecule has 0 saturated heterocycles. The van der Waals surface area contributed by atoms with Crippen molar-refractivity contribution < 1.29 is 4.39 Å². The predicted molar refractivity (Wildman–Crippen MR) is 164 cm³/mol. The first kappa shape index (κ1) is 27.8. The van der Waals surface area contributed by atoms with E-state index in [1.165, 1.54) is 18.5 Å². The van der Waals surface area contributed by atoms with Crippen molar-refractivity contribution in [3.63, 3.8) is 0 Å². The van der Waals surface area contributed by atoms with Gasteiger partial charge in [0.2, 0.25) is 0 Å². The van der Waals surface area contributed by atoms with Gasteiger partial charge in [0.1, 0.15) is 19.7 Å². The number of nitrogens with one attached hydrogen (secondary N) is 4. The molecule has 0 amide bonds. The molecule has 210 valence electrons. The third-order valence-corrected chi connectivity index (χ3v) is 8.04. The van der Waals surface area contributed by atoms with Crippen LogP contribution in [0.4, 0.5) is 15.8 Å². The summed E-state index contributed by atoms with van der Waals surface area (Å²) >= 11 is 6.80. The first-order valence-electron chi connectivity index (χ1n) is 13.9. The first-order valence-corrected chi connectivity index (χ1v) is 14.2. The van der Waals surface area contributed by atoms with Gasteiger partial charge < -0.3 is 16.1 Å². The molecule has 0 bridgehead atoms. The van der Waals surface area contributed by atoms with E-state index < -0.39 is 11.3 Å². The van der Waals surface area contributed by atoms with Crippen molar-refractivity contribution in [1.29, 1.82) is 5.26 Å². The van der Waals surface area contributed by atoms with E-state index >= 15 is 0 Å². The number of rotatable bonds is 9. The van der Waals surface area contributed by atoms with Crippen LogP contribution in [-0.4, -0.2) is 28.9 Å². The van der Waals surface area contributed by atoms with Crippen LogP contribution in [-0.2, 0) is 5.44 Å². The Labute approximate surface area is 250 Å². The number of aromatic nitrogens is 2. The molecule has 1 fully saturated rings. The molecule has 4 N–H and O–H groups in total. The number of halogens is 2. The summed E-state index contributed by atoms with van der Waals surface area (Å²) in [6.45, 7) is 3.87. The number of nitriles is 1. The van der Waals surface area contributed by atoms with Crippen LogP contribution in [0.5, 0.6) is 0 Å². The summed E-state index contributed by atoms with van der Waals surface area (Å²) in [5.41, 5.74) is 9.69. The minimum atomic E-state index is -1.42. The lowest BCUT2D eigenvalue weighted by Crippen LogP contribution is -2.46. The molecule has 2 aliphatic rings. The molecular weight excluding hydrogens is 550 g/mol. The summed E-state index contributed by atoms with van der Waals surface area (Å²) in [7, 11) is 7.13. The summed E-state index contributed by atoms with van der Waals surface area (Å²) in [6, 6.07) is 17.6. The maximum absolute atomic E-state index is 14.5. The van der Waals surface area contributed by atoms with Crippen molar-refractivity contribution in [2.45, 2.75) is 50.6 Å². The second-order valence-electron chi connectivity index (χ2n) is 10.7. The highest BCUT2D eigenvalue weighted by atomic mass is 35.5. The Bertz CT molecular complexity index is 1720. The third kappa shape index (κ3) is 5.22. The Morgan fingerprint density at radius 2 is 2.00 bits per heavy atom. The average molecular weight is 579 g/mol. The lowest BCUT2D eigenvalue weighted by Gasteiger charge is -2.35. The van der Waals surface area contributed by atoms with Gasteiger partial charge >= 0.3 is 0 Å². The number of anilines is 2. The van der Waals surface area contributed by atoms with Gasteiger partial charge in [-0.1, -0.05) is 48.9 Å². The quantitative estimate of drug-likeness (QED) is 0.181. The van der Waals surface area contributed by atoms with E-state index in [2.05, 4.69) is 56.7 Å². The lowest BCUT2D eigenvalue weighted by atomic mass is 9.69. The number of aryl methyl sites for hydroxylation is 1. The Balaban J connectivity index is 1.47. The van der Waals surface area contributed by atoms with E-state index in [-0.39, 0.29) is 6.04 Å². The van der Waals surface area contributed by atoms with Crippen molar-refractivity contribution in [2.75, 3.05) is 10.6 Å². The predicted octanol–water partition coefficient (Wildman–Crippen LogP) is 5.93. The number of hydrazine groups is 2. The van der Waals surface area contributed by atoms with E-state index in [4.69, 9.17) is 19.4 Å². The molecule has 6 rings (SSSR count). The van der Waals surface area contributed by atoms with Crippen LogP contribution in [0.2, 0.25) is 5.02 Å². The first-order chi connectivity index (χ1) is 20.3. The molecule has 42 heavy (non-hydrogen) atoms. The standard InChI is InChI=1S/C31H29BClFN8/c1-3-27(19-7-5-4-6-8-19)38-29-20(14-35)15-37-30-24(29)12-22(13-26(30)33)39-31(32,25-11-21(34)16-36-18(25)2)28-17-42(41-40-28)23-9-10-23/h4-8,11-13,15-17,23,27,39-41H,3,9-10H2,1-2H3,(H,37,38)/t27-,31?/m1/s1. The SMILES string of the molecule is [B]C(Nc1cc(Cl)c2ncc(C#N)c(N[C@H](CC)c3ccccc3)c2c1)(C1=CN(C2CC2)NN1)c1cc(F)cnc1C. The van der Waals surface area contributed by atoms with Crippen molar-refractivity contribution >= 4 is 41.7 Å². The van der Waals surface area contributed by atoms with Crippen LogP contribution < -0.4 is 21.6 Å². The van der Waals surface area contributed by atoms with Crippen molar-refractivity contribution in [3.05, 3.63) is 106 Å². The maximum Gasteiger partial charge on any atom is 0.141 e. The molecule has 2 aromatic heterocycles. The van der Waals surface area contributed by atoms with Gasteiger partial charge in [0, 0.05) is 35.2 Å². The van der Waals surface area contributed by atoms with E-state index in [9.17, 15) is 9.65 Å². The van der Waals surface area contributed by atoms with Gasteiger partial charge in [0.25, 0.3) is 0 Å². The highest BCUT2D eigenvalue weighted by Gasteiger charge is 2.39. The molecule has 8 nitrogen and oxygen atoms in total. The summed E-state index contributed by atoms with van der Waals surface area (Å²) in [4.78, 5) is 8.73. The zero-order chi connectivity index (χ0) is 29.4. The summed E-state index contributed by atoms with van der Waals surface area (Å²) in [6.07, 6.45) is 7.51. The number of hydrogen-bond acceptors (Lipinski definition) is 8. The van der Waals surface area contributed by atoms with Crippen LogP contribution in [0.15, 0.2) is 72.8 Å². The molecule has 11 heteroatoms. The Hall–Kier alpha value is -4.33. The fraction of sp³-hybridized carbons (Fsp3) is 0.258. The number of fused-ring (bicyclic) bond motifs is 1. The van der Waals surface area contributed by atoms with Crippen molar-refractivity contribution in [1.82, 2.24) is 25.9 Å². The number of hydrogen-bond donors (Lipinski definition) is 4. The molecule has 2 atom stereocenters. The van der Waals surface area contributed by atoms with Crippen molar-refractivity contribution in [3.8, 4) is 6.07 Å². The molecule has 1 unspecified atom stereocenters. The fourth-order valence-electron chi connectivity index (χ4n) is 5.35. The molecule has 1 aliphatic carbocycles. The zero-order valence-corrected chi connectivity index (χ0v) is 24.0. The van der Waals surface area contributed by atoms with Crippen LogP contribution in [0.1, 0.15) is 54.6 Å². The summed E-state index contributed by atoms with van der Waals surface area (Å²) in [5, 5.41) is 20.0.